The summed E-state index contributed by atoms with van der Waals surface area (Å²) < 4.78 is 10.4. The quantitative estimate of drug-likeness (QED) is 0.487. The van der Waals surface area contributed by atoms with E-state index in [9.17, 15) is 9.59 Å². The number of para-hydroxylation sites is 1. The van der Waals surface area contributed by atoms with Gasteiger partial charge in [0.05, 0.1) is 4.88 Å². The number of hydrogen-bond acceptors (Lipinski definition) is 8. The van der Waals surface area contributed by atoms with Crippen LogP contribution in [-0.2, 0) is 0 Å². The van der Waals surface area contributed by atoms with Crippen molar-refractivity contribution in [2.24, 2.45) is 11.7 Å². The molecule has 6 rings (SSSR count). The van der Waals surface area contributed by atoms with Crippen LogP contribution in [0.2, 0.25) is 0 Å². The van der Waals surface area contributed by atoms with Crippen LogP contribution < -0.4 is 20.9 Å². The van der Waals surface area contributed by atoms with Crippen LogP contribution in [0, 0.1) is 12.8 Å². The van der Waals surface area contributed by atoms with E-state index in [0.29, 0.717) is 54.0 Å². The number of amides is 1. The van der Waals surface area contributed by atoms with Crippen molar-refractivity contribution in [3.05, 3.63) is 59.3 Å². The van der Waals surface area contributed by atoms with Crippen LogP contribution in [0.15, 0.2) is 42.5 Å². The Hall–Kier alpha value is -3.63. The normalized spacial score (nSPS) is 21.3. The highest BCUT2D eigenvalue weighted by atomic mass is 32.1. The predicted molar refractivity (Wildman–Crippen MR) is 137 cm³/mol. The lowest BCUT2D eigenvalue weighted by molar-refractivity contribution is 0.0682. The molecule has 1 saturated carbocycles. The Morgan fingerprint density at radius 2 is 1.94 bits per heavy atom. The molecule has 0 radical (unpaired) electrons. The van der Waals surface area contributed by atoms with E-state index in [1.54, 1.807) is 12.1 Å². The largest absolute Gasteiger partial charge is 0.486 e. The monoisotopic (exact) mass is 508 g/mol. The minimum atomic E-state index is -0.998. The highest BCUT2D eigenvalue weighted by Crippen LogP contribution is 2.48. The van der Waals surface area contributed by atoms with Gasteiger partial charge in [0, 0.05) is 18.6 Å². The third-order valence-electron chi connectivity index (χ3n) is 6.64. The molecular formula is C26H28N4O5S. The van der Waals surface area contributed by atoms with Gasteiger partial charge in [0.1, 0.15) is 24.5 Å². The summed E-state index contributed by atoms with van der Waals surface area (Å²) in [5, 5.41) is 9.24. The van der Waals surface area contributed by atoms with Gasteiger partial charge in [-0.25, -0.2) is 9.78 Å². The number of nitrogens with two attached hydrogens (primary N) is 2. The summed E-state index contributed by atoms with van der Waals surface area (Å²) in [5.41, 5.74) is 14.6. The SMILES string of the molecule is Cc1cccc(-c2sc(N)nc2C(=O)N2[C@H](CN)C[C@@H]3C[C@@H]32)c1.O=C(O)c1cccc2c1OCCO2. The maximum Gasteiger partial charge on any atom is 0.339 e. The second-order valence-electron chi connectivity index (χ2n) is 9.14. The number of hydrogen-bond donors (Lipinski definition) is 3. The van der Waals surface area contributed by atoms with E-state index < -0.39 is 5.97 Å². The van der Waals surface area contributed by atoms with Crippen LogP contribution in [0.1, 0.15) is 39.3 Å². The number of aromatic nitrogens is 1. The third-order valence-corrected chi connectivity index (χ3v) is 7.57. The van der Waals surface area contributed by atoms with Gasteiger partial charge in [-0.05, 0) is 43.4 Å². The minimum absolute atomic E-state index is 0.0186. The van der Waals surface area contributed by atoms with Gasteiger partial charge in [-0.2, -0.15) is 0 Å². The first-order valence-corrected chi connectivity index (χ1v) is 12.7. The molecule has 2 aromatic carbocycles. The summed E-state index contributed by atoms with van der Waals surface area (Å²) >= 11 is 1.37. The van der Waals surface area contributed by atoms with Crippen molar-refractivity contribution in [3.63, 3.8) is 0 Å². The maximum atomic E-state index is 13.1. The van der Waals surface area contributed by atoms with E-state index in [0.717, 1.165) is 28.8 Å². The van der Waals surface area contributed by atoms with Crippen LogP contribution in [0.3, 0.4) is 0 Å². The van der Waals surface area contributed by atoms with Crippen molar-refractivity contribution in [1.29, 1.82) is 0 Å². The number of aromatic carboxylic acids is 1. The highest BCUT2D eigenvalue weighted by Gasteiger charge is 2.54. The van der Waals surface area contributed by atoms with E-state index in [1.807, 2.05) is 30.0 Å². The maximum absolute atomic E-state index is 13.1. The summed E-state index contributed by atoms with van der Waals surface area (Å²) in [4.78, 5) is 31.0. The number of carboxylic acid groups (broad SMARTS) is 1. The molecule has 36 heavy (non-hydrogen) atoms. The number of carboxylic acids is 1. The number of carbonyl (C=O) groups is 2. The number of thiazole rings is 1. The fraction of sp³-hybridized carbons (Fsp3) is 0.346. The number of nitrogen functional groups attached to an aromatic ring is 1. The second kappa shape index (κ2) is 9.79. The molecule has 1 amide bonds. The van der Waals surface area contributed by atoms with Crippen molar-refractivity contribution in [2.75, 3.05) is 25.5 Å². The Morgan fingerprint density at radius 1 is 1.17 bits per heavy atom. The highest BCUT2D eigenvalue weighted by molar-refractivity contribution is 7.19. The molecule has 0 spiro atoms. The van der Waals surface area contributed by atoms with E-state index in [1.165, 1.54) is 17.4 Å². The number of fused-ring (bicyclic) bond motifs is 2. The van der Waals surface area contributed by atoms with Crippen LogP contribution >= 0.6 is 11.3 Å². The molecular weight excluding hydrogens is 480 g/mol. The molecule has 3 aliphatic rings. The summed E-state index contributed by atoms with van der Waals surface area (Å²) in [6, 6.07) is 13.4. The Balaban J connectivity index is 0.000000174. The average molecular weight is 509 g/mol. The molecule has 188 valence electrons. The third kappa shape index (κ3) is 4.61. The number of anilines is 1. The first-order chi connectivity index (χ1) is 17.4. The van der Waals surface area contributed by atoms with Crippen LogP contribution in [-0.4, -0.2) is 58.7 Å². The first-order valence-electron chi connectivity index (χ1n) is 11.8. The molecule has 1 aromatic heterocycles. The number of nitrogens with zero attached hydrogens (tertiary/aromatic N) is 2. The fourth-order valence-corrected chi connectivity index (χ4v) is 5.73. The first kappa shape index (κ1) is 24.1. The minimum Gasteiger partial charge on any atom is -0.486 e. The van der Waals surface area contributed by atoms with Crippen molar-refractivity contribution in [3.8, 4) is 21.9 Å². The summed E-state index contributed by atoms with van der Waals surface area (Å²) in [6.07, 6.45) is 2.12. The lowest BCUT2D eigenvalue weighted by atomic mass is 10.1. The molecule has 0 bridgehead atoms. The van der Waals surface area contributed by atoms with E-state index >= 15 is 0 Å². The molecule has 1 aliphatic carbocycles. The number of benzene rings is 2. The fourth-order valence-electron chi connectivity index (χ4n) is 4.91. The molecule has 3 aromatic rings. The van der Waals surface area contributed by atoms with E-state index in [4.69, 9.17) is 26.0 Å². The van der Waals surface area contributed by atoms with Gasteiger partial charge < -0.3 is 30.9 Å². The van der Waals surface area contributed by atoms with Gasteiger partial charge >= 0.3 is 5.97 Å². The topological polar surface area (TPSA) is 141 Å². The zero-order chi connectivity index (χ0) is 25.4. The second-order valence-corrected chi connectivity index (χ2v) is 10.2. The van der Waals surface area contributed by atoms with Crippen molar-refractivity contribution >= 4 is 28.3 Å². The molecule has 2 aliphatic heterocycles. The van der Waals surface area contributed by atoms with Gasteiger partial charge in [-0.15, -0.1) is 0 Å². The van der Waals surface area contributed by atoms with Crippen molar-refractivity contribution in [1.82, 2.24) is 9.88 Å². The molecule has 2 fully saturated rings. The standard InChI is InChI=1S/C17H20N4OS.C9H8O4/c1-9-3-2-4-10(5-9)15-14(20-17(19)23-15)16(22)21-12(8-18)6-11-7-13(11)21;10-9(11)6-2-1-3-7-8(6)13-5-4-12-7/h2-5,11-13H,6-8,18H2,1H3,(H2,19,20);1-3H,4-5H2,(H,10,11)/t11-,12+,13+;/m1./s1. The smallest absolute Gasteiger partial charge is 0.339 e. The van der Waals surface area contributed by atoms with Crippen LogP contribution in [0.5, 0.6) is 11.5 Å². The average Bonchev–Trinajstić information content (AvgIpc) is 3.36. The zero-order valence-corrected chi connectivity index (χ0v) is 20.7. The van der Waals surface area contributed by atoms with Gasteiger partial charge in [-0.1, -0.05) is 47.2 Å². The molecule has 10 heteroatoms. The molecule has 0 unspecified atom stereocenters. The number of piperidine rings is 1. The predicted octanol–water partition coefficient (Wildman–Crippen LogP) is 3.42. The number of rotatable bonds is 4. The molecule has 1 saturated heterocycles. The number of likely N-dealkylation sites (tertiary alicyclic amines) is 1. The molecule has 9 nitrogen and oxygen atoms in total. The Kier molecular flexibility index (Phi) is 6.55. The van der Waals surface area contributed by atoms with Gasteiger partial charge in [0.25, 0.3) is 5.91 Å². The zero-order valence-electron chi connectivity index (χ0n) is 19.8. The lowest BCUT2D eigenvalue weighted by Crippen LogP contribution is -2.42. The van der Waals surface area contributed by atoms with Gasteiger partial charge in [0.15, 0.2) is 16.6 Å². The summed E-state index contributed by atoms with van der Waals surface area (Å²) in [7, 11) is 0. The summed E-state index contributed by atoms with van der Waals surface area (Å²) in [6.45, 7) is 3.42. The Bertz CT molecular complexity index is 1310. The Morgan fingerprint density at radius 3 is 2.69 bits per heavy atom. The number of carbonyl (C=O) groups excluding carboxylic acids is 1. The number of ether oxygens (including phenoxy) is 2. The van der Waals surface area contributed by atoms with Crippen LogP contribution in [0.4, 0.5) is 5.13 Å². The van der Waals surface area contributed by atoms with Crippen molar-refractivity contribution in [2.45, 2.75) is 31.8 Å². The van der Waals surface area contributed by atoms with E-state index in [2.05, 4.69) is 11.1 Å². The molecule has 3 heterocycles. The Labute approximate surface area is 212 Å². The van der Waals surface area contributed by atoms with E-state index in [-0.39, 0.29) is 17.5 Å². The van der Waals surface area contributed by atoms with Gasteiger partial charge in [-0.3, -0.25) is 4.79 Å². The number of aryl methyl sites for hydroxylation is 1. The molecule has 3 atom stereocenters. The lowest BCUT2D eigenvalue weighted by Gasteiger charge is -2.26. The molecule has 5 N–H and O–H groups in total. The van der Waals surface area contributed by atoms with Crippen LogP contribution in [0.25, 0.3) is 10.4 Å². The van der Waals surface area contributed by atoms with Crippen molar-refractivity contribution < 1.29 is 24.2 Å². The summed E-state index contributed by atoms with van der Waals surface area (Å²) in [5.74, 6) is 0.454. The van der Waals surface area contributed by atoms with Gasteiger partial charge in [0.2, 0.25) is 0 Å².